The summed E-state index contributed by atoms with van der Waals surface area (Å²) in [6.07, 6.45) is 0.796. The van der Waals surface area contributed by atoms with Gasteiger partial charge in [0.1, 0.15) is 0 Å². The normalized spacial score (nSPS) is 16.1. The van der Waals surface area contributed by atoms with Gasteiger partial charge in [-0.3, -0.25) is 9.59 Å². The van der Waals surface area contributed by atoms with Crippen LogP contribution < -0.4 is 10.6 Å². The number of nitriles is 1. The first-order chi connectivity index (χ1) is 12.2. The van der Waals surface area contributed by atoms with Crippen LogP contribution in [0.25, 0.3) is 0 Å². The molecule has 0 saturated carbocycles. The van der Waals surface area contributed by atoms with Crippen LogP contribution in [-0.2, 0) is 9.59 Å². The lowest BCUT2D eigenvalue weighted by Crippen LogP contribution is -2.39. The Labute approximate surface area is 146 Å². The molecule has 0 aromatic heterocycles. The fraction of sp³-hybridized carbons (Fsp3) is 0.211. The van der Waals surface area contributed by atoms with Crippen molar-refractivity contribution in [1.82, 2.24) is 4.90 Å². The van der Waals surface area contributed by atoms with Crippen molar-refractivity contribution in [2.24, 2.45) is 0 Å². The summed E-state index contributed by atoms with van der Waals surface area (Å²) in [6.45, 7) is 1.04. The van der Waals surface area contributed by atoms with Crippen molar-refractivity contribution in [2.75, 3.05) is 23.7 Å². The highest BCUT2D eigenvalue weighted by Crippen LogP contribution is 2.16. The summed E-state index contributed by atoms with van der Waals surface area (Å²) >= 11 is 0. The van der Waals surface area contributed by atoms with Gasteiger partial charge in [-0.05, 0) is 42.8 Å². The number of carbonyl (C=O) groups is 2. The van der Waals surface area contributed by atoms with Gasteiger partial charge in [0.15, 0.2) is 0 Å². The van der Waals surface area contributed by atoms with E-state index in [-0.39, 0.29) is 6.04 Å². The molecule has 0 radical (unpaired) electrons. The molecule has 25 heavy (non-hydrogen) atoms. The van der Waals surface area contributed by atoms with Crippen LogP contribution in [0, 0.1) is 11.3 Å². The van der Waals surface area contributed by atoms with Gasteiger partial charge in [0, 0.05) is 30.5 Å². The zero-order valence-electron chi connectivity index (χ0n) is 13.6. The summed E-state index contributed by atoms with van der Waals surface area (Å²) in [5, 5.41) is 14.7. The fourth-order valence-electron chi connectivity index (χ4n) is 2.79. The maximum atomic E-state index is 12.3. The average molecular weight is 334 g/mol. The van der Waals surface area contributed by atoms with Crippen molar-refractivity contribution in [3.05, 3.63) is 60.2 Å². The predicted molar refractivity (Wildman–Crippen MR) is 94.8 cm³/mol. The zero-order chi connectivity index (χ0) is 17.6. The van der Waals surface area contributed by atoms with Crippen molar-refractivity contribution in [1.29, 1.82) is 5.26 Å². The van der Waals surface area contributed by atoms with E-state index < -0.39 is 11.8 Å². The summed E-state index contributed by atoms with van der Waals surface area (Å²) in [6, 6.07) is 18.3. The first kappa shape index (κ1) is 16.5. The first-order valence-electron chi connectivity index (χ1n) is 8.08. The van der Waals surface area contributed by atoms with Crippen LogP contribution in [0.1, 0.15) is 12.0 Å². The molecule has 2 aromatic rings. The highest BCUT2D eigenvalue weighted by Gasteiger charge is 2.30. The molecule has 0 spiro atoms. The van der Waals surface area contributed by atoms with Gasteiger partial charge < -0.3 is 15.5 Å². The van der Waals surface area contributed by atoms with E-state index in [4.69, 9.17) is 5.26 Å². The first-order valence-corrected chi connectivity index (χ1v) is 8.08. The van der Waals surface area contributed by atoms with E-state index in [9.17, 15) is 9.59 Å². The Bertz CT molecular complexity index is 796. The SMILES string of the molecule is N#Cc1ccc(NC(=O)C(=O)N2CC[C@H](Nc3ccccc3)C2)cc1. The summed E-state index contributed by atoms with van der Waals surface area (Å²) in [4.78, 5) is 26.0. The van der Waals surface area contributed by atoms with E-state index >= 15 is 0 Å². The van der Waals surface area contributed by atoms with Crippen molar-refractivity contribution >= 4 is 23.2 Å². The van der Waals surface area contributed by atoms with Crippen molar-refractivity contribution in [3.8, 4) is 6.07 Å². The number of hydrogen-bond donors (Lipinski definition) is 2. The monoisotopic (exact) mass is 334 g/mol. The molecule has 1 aliphatic rings. The molecule has 0 aliphatic carbocycles. The second-order valence-electron chi connectivity index (χ2n) is 5.89. The minimum atomic E-state index is -0.662. The van der Waals surface area contributed by atoms with E-state index in [0.29, 0.717) is 24.3 Å². The lowest BCUT2D eigenvalue weighted by molar-refractivity contribution is -0.142. The highest BCUT2D eigenvalue weighted by atomic mass is 16.2. The maximum absolute atomic E-state index is 12.3. The summed E-state index contributed by atoms with van der Waals surface area (Å²) in [5.74, 6) is -1.20. The molecule has 1 atom stereocenters. The van der Waals surface area contributed by atoms with Crippen LogP contribution in [0.15, 0.2) is 54.6 Å². The van der Waals surface area contributed by atoms with E-state index in [0.717, 1.165) is 12.1 Å². The van der Waals surface area contributed by atoms with E-state index in [1.807, 2.05) is 36.4 Å². The Morgan fingerprint density at radius 1 is 1.04 bits per heavy atom. The van der Waals surface area contributed by atoms with Gasteiger partial charge in [0.05, 0.1) is 11.6 Å². The van der Waals surface area contributed by atoms with Gasteiger partial charge in [0.25, 0.3) is 0 Å². The van der Waals surface area contributed by atoms with Gasteiger partial charge in [-0.15, -0.1) is 0 Å². The molecular formula is C19H18N4O2. The third kappa shape index (κ3) is 4.15. The van der Waals surface area contributed by atoms with E-state index in [1.165, 1.54) is 0 Å². The minimum absolute atomic E-state index is 0.133. The topological polar surface area (TPSA) is 85.2 Å². The van der Waals surface area contributed by atoms with Gasteiger partial charge in [-0.1, -0.05) is 18.2 Å². The number of amides is 2. The summed E-state index contributed by atoms with van der Waals surface area (Å²) in [7, 11) is 0. The number of benzene rings is 2. The van der Waals surface area contributed by atoms with Crippen LogP contribution in [0.4, 0.5) is 11.4 Å². The van der Waals surface area contributed by atoms with Gasteiger partial charge in [-0.25, -0.2) is 0 Å². The number of likely N-dealkylation sites (tertiary alicyclic amines) is 1. The molecular weight excluding hydrogens is 316 g/mol. The van der Waals surface area contributed by atoms with Crippen LogP contribution in [0.3, 0.4) is 0 Å². The highest BCUT2D eigenvalue weighted by molar-refractivity contribution is 6.39. The van der Waals surface area contributed by atoms with Crippen molar-refractivity contribution in [3.63, 3.8) is 0 Å². The standard InChI is InChI=1S/C19H18N4O2/c20-12-14-6-8-16(9-7-14)22-18(24)19(25)23-11-10-17(13-23)21-15-4-2-1-3-5-15/h1-9,17,21H,10-11,13H2,(H,22,24)/t17-/m0/s1. The lowest BCUT2D eigenvalue weighted by atomic mass is 10.2. The predicted octanol–water partition coefficient (Wildman–Crippen LogP) is 2.21. The molecule has 3 rings (SSSR count). The smallest absolute Gasteiger partial charge is 0.313 e. The van der Waals surface area contributed by atoms with Crippen molar-refractivity contribution in [2.45, 2.75) is 12.5 Å². The Balaban J connectivity index is 1.54. The molecule has 0 unspecified atom stereocenters. The van der Waals surface area contributed by atoms with E-state index in [2.05, 4.69) is 10.6 Å². The maximum Gasteiger partial charge on any atom is 0.313 e. The second-order valence-corrected chi connectivity index (χ2v) is 5.89. The number of nitrogens with one attached hydrogen (secondary N) is 2. The number of rotatable bonds is 3. The number of carbonyl (C=O) groups excluding carboxylic acids is 2. The third-order valence-corrected chi connectivity index (χ3v) is 4.09. The van der Waals surface area contributed by atoms with Crippen LogP contribution in [0.2, 0.25) is 0 Å². The quantitative estimate of drug-likeness (QED) is 0.843. The third-order valence-electron chi connectivity index (χ3n) is 4.09. The Morgan fingerprint density at radius 3 is 2.44 bits per heavy atom. The van der Waals surface area contributed by atoms with Crippen molar-refractivity contribution < 1.29 is 9.59 Å². The summed E-state index contributed by atoms with van der Waals surface area (Å²) < 4.78 is 0. The number of hydrogen-bond acceptors (Lipinski definition) is 4. The fourth-order valence-corrected chi connectivity index (χ4v) is 2.79. The number of nitrogens with zero attached hydrogens (tertiary/aromatic N) is 2. The second kappa shape index (κ2) is 7.49. The molecule has 1 fully saturated rings. The molecule has 2 N–H and O–H groups in total. The summed E-state index contributed by atoms with van der Waals surface area (Å²) in [5.41, 5.74) is 2.00. The van der Waals surface area contributed by atoms with Crippen LogP contribution >= 0.6 is 0 Å². The largest absolute Gasteiger partial charge is 0.380 e. The Morgan fingerprint density at radius 2 is 1.76 bits per heavy atom. The van der Waals surface area contributed by atoms with Gasteiger partial charge in [-0.2, -0.15) is 5.26 Å². The van der Waals surface area contributed by atoms with Gasteiger partial charge >= 0.3 is 11.8 Å². The molecule has 1 heterocycles. The molecule has 1 saturated heterocycles. The minimum Gasteiger partial charge on any atom is -0.380 e. The molecule has 126 valence electrons. The molecule has 1 aliphatic heterocycles. The lowest BCUT2D eigenvalue weighted by Gasteiger charge is -2.17. The van der Waals surface area contributed by atoms with Gasteiger partial charge in [0.2, 0.25) is 0 Å². The number of para-hydroxylation sites is 1. The zero-order valence-corrected chi connectivity index (χ0v) is 13.6. The molecule has 0 bridgehead atoms. The van der Waals surface area contributed by atoms with E-state index in [1.54, 1.807) is 29.2 Å². The number of anilines is 2. The average Bonchev–Trinajstić information content (AvgIpc) is 3.11. The van der Waals surface area contributed by atoms with Crippen LogP contribution in [-0.4, -0.2) is 35.8 Å². The Hall–Kier alpha value is -3.33. The molecule has 2 amide bonds. The molecule has 6 nitrogen and oxygen atoms in total. The molecule has 6 heteroatoms. The Kier molecular flexibility index (Phi) is 4.95. The van der Waals surface area contributed by atoms with Crippen LogP contribution in [0.5, 0.6) is 0 Å². The molecule has 2 aromatic carbocycles.